The van der Waals surface area contributed by atoms with Crippen LogP contribution >= 0.6 is 0 Å². The van der Waals surface area contributed by atoms with Crippen molar-refractivity contribution in [2.45, 2.75) is 27.2 Å². The number of carbonyl (C=O) groups excluding carboxylic acids is 3. The molecule has 0 atom stereocenters. The van der Waals surface area contributed by atoms with Crippen molar-refractivity contribution in [2.24, 2.45) is 0 Å². The fourth-order valence-corrected chi connectivity index (χ4v) is 3.98. The van der Waals surface area contributed by atoms with Crippen LogP contribution in [0.1, 0.15) is 44.6 Å². The zero-order chi connectivity index (χ0) is 23.7. The van der Waals surface area contributed by atoms with Crippen molar-refractivity contribution in [3.8, 4) is 11.3 Å². The molecule has 0 aliphatic carbocycles. The van der Waals surface area contributed by atoms with Crippen molar-refractivity contribution in [3.63, 3.8) is 0 Å². The topological polar surface area (TPSA) is 106 Å². The summed E-state index contributed by atoms with van der Waals surface area (Å²) in [4.78, 5) is 45.1. The van der Waals surface area contributed by atoms with Crippen LogP contribution in [0.4, 0.5) is 5.82 Å². The highest BCUT2D eigenvalue weighted by Crippen LogP contribution is 2.30. The molecule has 0 bridgehead atoms. The van der Waals surface area contributed by atoms with Crippen LogP contribution in [-0.2, 0) is 16.0 Å². The molecule has 8 heteroatoms. The van der Waals surface area contributed by atoms with Crippen molar-refractivity contribution in [1.82, 2.24) is 14.4 Å². The van der Waals surface area contributed by atoms with Crippen LogP contribution in [0.2, 0.25) is 0 Å². The second kappa shape index (κ2) is 8.74. The predicted molar refractivity (Wildman–Crippen MR) is 125 cm³/mol. The number of ether oxygens (including phenoxy) is 1. The average molecular weight is 444 g/mol. The van der Waals surface area contributed by atoms with Crippen molar-refractivity contribution >= 4 is 29.1 Å². The zero-order valence-corrected chi connectivity index (χ0v) is 18.9. The van der Waals surface area contributed by atoms with Crippen LogP contribution in [0.25, 0.3) is 16.9 Å². The Bertz CT molecular complexity index is 1380. The minimum atomic E-state index is -0.602. The smallest absolute Gasteiger partial charge is 0.339 e. The van der Waals surface area contributed by atoms with E-state index in [9.17, 15) is 14.4 Å². The fourth-order valence-electron chi connectivity index (χ4n) is 3.98. The molecule has 2 N–H and O–H groups in total. The SMILES string of the molecule is COC(=O)c1c(CC(=O)Nc2c(-c3ccccc3)nc3c(C)cccn23)[nH]c(C(C)=O)c1C. The first-order chi connectivity index (χ1) is 15.8. The molecule has 0 aliphatic rings. The molecule has 0 radical (unpaired) electrons. The van der Waals surface area contributed by atoms with Gasteiger partial charge in [0.25, 0.3) is 0 Å². The van der Waals surface area contributed by atoms with E-state index in [0.29, 0.717) is 22.8 Å². The molecule has 0 saturated carbocycles. The van der Waals surface area contributed by atoms with Gasteiger partial charge in [-0.1, -0.05) is 36.4 Å². The van der Waals surface area contributed by atoms with Gasteiger partial charge in [0.1, 0.15) is 17.2 Å². The number of rotatable bonds is 6. The summed E-state index contributed by atoms with van der Waals surface area (Å²) < 4.78 is 6.70. The van der Waals surface area contributed by atoms with E-state index in [-0.39, 0.29) is 29.4 Å². The number of methoxy groups -OCH3 is 1. The second-order valence-electron chi connectivity index (χ2n) is 7.81. The molecule has 0 spiro atoms. The van der Waals surface area contributed by atoms with Crippen molar-refractivity contribution in [1.29, 1.82) is 0 Å². The summed E-state index contributed by atoms with van der Waals surface area (Å²) in [6, 6.07) is 13.4. The number of imidazole rings is 1. The lowest BCUT2D eigenvalue weighted by Gasteiger charge is -2.09. The molecule has 33 heavy (non-hydrogen) atoms. The normalized spacial score (nSPS) is 10.9. The number of aromatic amines is 1. The maximum absolute atomic E-state index is 13.1. The van der Waals surface area contributed by atoms with Gasteiger partial charge in [0.15, 0.2) is 5.78 Å². The van der Waals surface area contributed by atoms with E-state index >= 15 is 0 Å². The van der Waals surface area contributed by atoms with Gasteiger partial charge in [0.2, 0.25) is 5.91 Å². The average Bonchev–Trinajstić information content (AvgIpc) is 3.32. The lowest BCUT2D eigenvalue weighted by Crippen LogP contribution is -2.18. The van der Waals surface area contributed by atoms with Gasteiger partial charge in [-0.3, -0.25) is 14.0 Å². The number of benzene rings is 1. The van der Waals surface area contributed by atoms with E-state index in [1.54, 1.807) is 6.92 Å². The van der Waals surface area contributed by atoms with E-state index < -0.39 is 5.97 Å². The minimum absolute atomic E-state index is 0.147. The minimum Gasteiger partial charge on any atom is -0.465 e. The number of nitrogens with one attached hydrogen (secondary N) is 2. The third-order valence-electron chi connectivity index (χ3n) is 5.56. The van der Waals surface area contributed by atoms with E-state index in [0.717, 1.165) is 16.8 Å². The Hall–Kier alpha value is -4.20. The number of anilines is 1. The third kappa shape index (κ3) is 4.03. The first kappa shape index (κ1) is 22.0. The van der Waals surface area contributed by atoms with Gasteiger partial charge in [-0.15, -0.1) is 0 Å². The van der Waals surface area contributed by atoms with Gasteiger partial charge in [-0.05, 0) is 31.0 Å². The number of aromatic nitrogens is 3. The molecule has 3 aromatic heterocycles. The lowest BCUT2D eigenvalue weighted by molar-refractivity contribution is -0.115. The van der Waals surface area contributed by atoms with Crippen LogP contribution in [-0.4, -0.2) is 39.1 Å². The fraction of sp³-hybridized carbons (Fsp3) is 0.200. The van der Waals surface area contributed by atoms with Gasteiger partial charge in [0, 0.05) is 24.4 Å². The highest BCUT2D eigenvalue weighted by molar-refractivity contribution is 6.02. The first-order valence-electron chi connectivity index (χ1n) is 10.5. The first-order valence-corrected chi connectivity index (χ1v) is 10.5. The molecular formula is C25H24N4O4. The predicted octanol–water partition coefficient (Wildman–Crippen LogP) is 4.12. The summed E-state index contributed by atoms with van der Waals surface area (Å²) in [6.07, 6.45) is 1.69. The van der Waals surface area contributed by atoms with Crippen molar-refractivity contribution in [3.05, 3.63) is 76.7 Å². The monoisotopic (exact) mass is 444 g/mol. The van der Waals surface area contributed by atoms with Crippen LogP contribution in [0.15, 0.2) is 48.7 Å². The summed E-state index contributed by atoms with van der Waals surface area (Å²) in [5, 5.41) is 2.95. The van der Waals surface area contributed by atoms with Crippen molar-refractivity contribution < 1.29 is 19.1 Å². The third-order valence-corrected chi connectivity index (χ3v) is 5.56. The number of H-pyrrole nitrogens is 1. The molecular weight excluding hydrogens is 420 g/mol. The summed E-state index contributed by atoms with van der Waals surface area (Å²) in [7, 11) is 1.26. The van der Waals surface area contributed by atoms with Gasteiger partial charge >= 0.3 is 5.97 Å². The lowest BCUT2D eigenvalue weighted by atomic mass is 10.1. The Balaban J connectivity index is 1.74. The van der Waals surface area contributed by atoms with Gasteiger partial charge in [-0.2, -0.15) is 0 Å². The van der Waals surface area contributed by atoms with Crippen LogP contribution < -0.4 is 5.32 Å². The number of nitrogens with zero attached hydrogens (tertiary/aromatic N) is 2. The summed E-state index contributed by atoms with van der Waals surface area (Å²) in [5.41, 5.74) is 4.48. The second-order valence-corrected chi connectivity index (χ2v) is 7.81. The number of ketones is 1. The van der Waals surface area contributed by atoms with E-state index in [4.69, 9.17) is 9.72 Å². The summed E-state index contributed by atoms with van der Waals surface area (Å²) in [6.45, 7) is 5.01. The number of hydrogen-bond acceptors (Lipinski definition) is 5. The molecule has 0 aliphatic heterocycles. The number of pyridine rings is 1. The van der Waals surface area contributed by atoms with E-state index in [1.165, 1.54) is 14.0 Å². The maximum Gasteiger partial charge on any atom is 0.339 e. The maximum atomic E-state index is 13.1. The van der Waals surface area contributed by atoms with Crippen LogP contribution in [0.5, 0.6) is 0 Å². The highest BCUT2D eigenvalue weighted by Gasteiger charge is 2.25. The Morgan fingerprint density at radius 1 is 1.09 bits per heavy atom. The summed E-state index contributed by atoms with van der Waals surface area (Å²) in [5.74, 6) is -0.668. The number of hydrogen-bond donors (Lipinski definition) is 2. The molecule has 0 fully saturated rings. The van der Waals surface area contributed by atoms with E-state index in [1.807, 2.05) is 60.0 Å². The Labute approximate surface area is 190 Å². The van der Waals surface area contributed by atoms with Gasteiger partial charge in [0.05, 0.1) is 24.8 Å². The van der Waals surface area contributed by atoms with E-state index in [2.05, 4.69) is 10.3 Å². The number of fused-ring (bicyclic) bond motifs is 1. The number of Topliss-reactive ketones (excluding diaryl/α,β-unsaturated/α-hetero) is 1. The van der Waals surface area contributed by atoms with Crippen LogP contribution in [0, 0.1) is 13.8 Å². The summed E-state index contributed by atoms with van der Waals surface area (Å²) >= 11 is 0. The Morgan fingerprint density at radius 3 is 2.48 bits per heavy atom. The highest BCUT2D eigenvalue weighted by atomic mass is 16.5. The molecule has 168 valence electrons. The van der Waals surface area contributed by atoms with Gasteiger partial charge < -0.3 is 15.0 Å². The zero-order valence-electron chi connectivity index (χ0n) is 18.9. The van der Waals surface area contributed by atoms with Crippen molar-refractivity contribution in [2.75, 3.05) is 12.4 Å². The number of carbonyl (C=O) groups is 3. The molecule has 1 amide bonds. The Kier molecular flexibility index (Phi) is 5.83. The molecule has 0 unspecified atom stereocenters. The molecule has 8 nitrogen and oxygen atoms in total. The largest absolute Gasteiger partial charge is 0.465 e. The molecule has 3 heterocycles. The van der Waals surface area contributed by atoms with Crippen LogP contribution in [0.3, 0.4) is 0 Å². The molecule has 0 saturated heterocycles. The number of aryl methyl sites for hydroxylation is 1. The molecule has 4 aromatic rings. The number of esters is 1. The molecule has 1 aromatic carbocycles. The number of amides is 1. The standard InChI is InChI=1S/C25H24N4O4/c1-14-9-8-12-29-23(14)28-22(17-10-6-5-7-11-17)24(29)27-19(31)13-18-20(25(32)33-4)15(2)21(26-18)16(3)30/h5-12,26H,13H2,1-4H3,(H,27,31). The molecule has 4 rings (SSSR count). The van der Waals surface area contributed by atoms with Gasteiger partial charge in [-0.25, -0.2) is 9.78 Å². The Morgan fingerprint density at radius 2 is 1.82 bits per heavy atom. The quantitative estimate of drug-likeness (QED) is 0.344.